The molecule has 0 aliphatic rings. The minimum absolute atomic E-state index is 0.0915. The molecule has 20 heavy (non-hydrogen) atoms. The molecule has 0 bridgehead atoms. The SMILES string of the molecule is Cc1cccc(NS(=O)(=O)c2cn(C)nc2N)c1C#N. The van der Waals surface area contributed by atoms with E-state index in [9.17, 15) is 8.42 Å². The monoisotopic (exact) mass is 291 g/mol. The van der Waals surface area contributed by atoms with Crippen molar-refractivity contribution in [1.29, 1.82) is 5.26 Å². The van der Waals surface area contributed by atoms with Gasteiger partial charge in [0, 0.05) is 13.2 Å². The van der Waals surface area contributed by atoms with E-state index in [1.54, 1.807) is 26.1 Å². The first-order valence-electron chi connectivity index (χ1n) is 5.67. The molecule has 7 nitrogen and oxygen atoms in total. The molecule has 0 aliphatic heterocycles. The number of benzene rings is 1. The van der Waals surface area contributed by atoms with Crippen LogP contribution in [-0.2, 0) is 17.1 Å². The Balaban J connectivity index is 2.47. The van der Waals surface area contributed by atoms with Crippen LogP contribution in [0.3, 0.4) is 0 Å². The Kier molecular flexibility index (Phi) is 3.38. The molecule has 0 spiro atoms. The number of hydrogen-bond acceptors (Lipinski definition) is 5. The van der Waals surface area contributed by atoms with Crippen LogP contribution in [0.15, 0.2) is 29.3 Å². The Morgan fingerprint density at radius 1 is 1.45 bits per heavy atom. The smallest absolute Gasteiger partial charge is 0.267 e. The van der Waals surface area contributed by atoms with Crippen molar-refractivity contribution in [3.05, 3.63) is 35.5 Å². The molecular formula is C12H13N5O2S. The number of anilines is 2. The van der Waals surface area contributed by atoms with E-state index in [0.717, 1.165) is 0 Å². The minimum Gasteiger partial charge on any atom is -0.381 e. The molecule has 2 rings (SSSR count). The zero-order chi connectivity index (χ0) is 14.9. The van der Waals surface area contributed by atoms with Crippen molar-refractivity contribution in [3.8, 4) is 6.07 Å². The topological polar surface area (TPSA) is 114 Å². The van der Waals surface area contributed by atoms with Crippen molar-refractivity contribution < 1.29 is 8.42 Å². The van der Waals surface area contributed by atoms with Gasteiger partial charge in [0.05, 0.1) is 11.3 Å². The Morgan fingerprint density at radius 3 is 2.70 bits per heavy atom. The molecule has 8 heteroatoms. The summed E-state index contributed by atoms with van der Waals surface area (Å²) < 4.78 is 28.2. The minimum atomic E-state index is -3.88. The normalized spacial score (nSPS) is 11.1. The van der Waals surface area contributed by atoms with E-state index in [4.69, 9.17) is 11.0 Å². The fourth-order valence-electron chi connectivity index (χ4n) is 1.79. The molecule has 0 aliphatic carbocycles. The highest BCUT2D eigenvalue weighted by Gasteiger charge is 2.22. The molecular weight excluding hydrogens is 278 g/mol. The van der Waals surface area contributed by atoms with Crippen LogP contribution in [0.5, 0.6) is 0 Å². The Morgan fingerprint density at radius 2 is 2.15 bits per heavy atom. The molecule has 2 aromatic rings. The quantitative estimate of drug-likeness (QED) is 0.875. The van der Waals surface area contributed by atoms with Crippen LogP contribution in [0.1, 0.15) is 11.1 Å². The average Bonchev–Trinajstić information content (AvgIpc) is 2.69. The molecule has 0 amide bonds. The Hall–Kier alpha value is -2.53. The fourth-order valence-corrected chi connectivity index (χ4v) is 2.97. The van der Waals surface area contributed by atoms with Gasteiger partial charge in [-0.3, -0.25) is 9.40 Å². The van der Waals surface area contributed by atoms with Crippen molar-refractivity contribution in [2.75, 3.05) is 10.5 Å². The third-order valence-corrected chi connectivity index (χ3v) is 4.12. The lowest BCUT2D eigenvalue weighted by molar-refractivity contribution is 0.601. The molecule has 1 aromatic carbocycles. The van der Waals surface area contributed by atoms with Crippen LogP contribution < -0.4 is 10.5 Å². The Labute approximate surface area is 116 Å². The molecule has 1 heterocycles. The molecule has 0 saturated heterocycles. The number of nitrogen functional groups attached to an aromatic ring is 1. The average molecular weight is 291 g/mol. The number of aryl methyl sites for hydroxylation is 2. The van der Waals surface area contributed by atoms with Gasteiger partial charge in [0.15, 0.2) is 5.82 Å². The highest BCUT2D eigenvalue weighted by Crippen LogP contribution is 2.24. The van der Waals surface area contributed by atoms with Crippen molar-refractivity contribution in [3.63, 3.8) is 0 Å². The van der Waals surface area contributed by atoms with Gasteiger partial charge in [0.2, 0.25) is 0 Å². The summed E-state index contributed by atoms with van der Waals surface area (Å²) in [5.41, 5.74) is 6.75. The number of nitrogens with two attached hydrogens (primary N) is 1. The third kappa shape index (κ3) is 2.44. The summed E-state index contributed by atoms with van der Waals surface area (Å²) in [6.07, 6.45) is 1.31. The number of nitriles is 1. The zero-order valence-electron chi connectivity index (χ0n) is 11.0. The van der Waals surface area contributed by atoms with Gasteiger partial charge in [-0.2, -0.15) is 10.4 Å². The number of rotatable bonds is 3. The first-order valence-corrected chi connectivity index (χ1v) is 7.15. The van der Waals surface area contributed by atoms with Crippen molar-refractivity contribution in [2.45, 2.75) is 11.8 Å². The summed E-state index contributed by atoms with van der Waals surface area (Å²) in [7, 11) is -2.31. The second-order valence-electron chi connectivity index (χ2n) is 4.27. The first kappa shape index (κ1) is 13.9. The number of sulfonamides is 1. The second kappa shape index (κ2) is 4.86. The summed E-state index contributed by atoms with van der Waals surface area (Å²) in [6, 6.07) is 6.90. The summed E-state index contributed by atoms with van der Waals surface area (Å²) >= 11 is 0. The van der Waals surface area contributed by atoms with Gasteiger partial charge >= 0.3 is 0 Å². The molecule has 0 radical (unpaired) electrons. The van der Waals surface area contributed by atoms with Crippen LogP contribution in [0.2, 0.25) is 0 Å². The predicted molar refractivity (Wildman–Crippen MR) is 74.3 cm³/mol. The van der Waals surface area contributed by atoms with Crippen molar-refractivity contribution >= 4 is 21.5 Å². The second-order valence-corrected chi connectivity index (χ2v) is 5.92. The van der Waals surface area contributed by atoms with Gasteiger partial charge in [0.1, 0.15) is 11.0 Å². The summed E-state index contributed by atoms with van der Waals surface area (Å²) in [4.78, 5) is -0.120. The van der Waals surface area contributed by atoms with Gasteiger partial charge in [-0.15, -0.1) is 0 Å². The summed E-state index contributed by atoms with van der Waals surface area (Å²) in [5.74, 6) is -0.0915. The van der Waals surface area contributed by atoms with E-state index in [1.807, 2.05) is 6.07 Å². The van der Waals surface area contributed by atoms with Crippen LogP contribution in [0.25, 0.3) is 0 Å². The number of nitrogens with zero attached hydrogens (tertiary/aromatic N) is 3. The Bertz CT molecular complexity index is 802. The van der Waals surface area contributed by atoms with Crippen LogP contribution in [-0.4, -0.2) is 18.2 Å². The standard InChI is InChI=1S/C12H13N5O2S/c1-8-4-3-5-10(9(8)6-13)16-20(18,19)11-7-17(2)15-12(11)14/h3-5,7,16H,1-2H3,(H2,14,15). The van der Waals surface area contributed by atoms with Crippen LogP contribution in [0, 0.1) is 18.3 Å². The van der Waals surface area contributed by atoms with Gasteiger partial charge in [-0.05, 0) is 18.6 Å². The van der Waals surface area contributed by atoms with E-state index >= 15 is 0 Å². The van der Waals surface area contributed by atoms with Gasteiger partial charge < -0.3 is 5.73 Å². The van der Waals surface area contributed by atoms with Crippen molar-refractivity contribution in [2.24, 2.45) is 7.05 Å². The lowest BCUT2D eigenvalue weighted by Gasteiger charge is -2.09. The number of hydrogen-bond donors (Lipinski definition) is 2. The van der Waals surface area contributed by atoms with Gasteiger partial charge in [-0.1, -0.05) is 12.1 Å². The lowest BCUT2D eigenvalue weighted by Crippen LogP contribution is -2.15. The van der Waals surface area contributed by atoms with E-state index in [-0.39, 0.29) is 22.0 Å². The predicted octanol–water partition coefficient (Wildman–Crippen LogP) is 0.983. The molecule has 104 valence electrons. The largest absolute Gasteiger partial charge is 0.381 e. The maximum atomic E-state index is 12.3. The maximum absolute atomic E-state index is 12.3. The highest BCUT2D eigenvalue weighted by molar-refractivity contribution is 7.92. The molecule has 0 atom stereocenters. The van der Waals surface area contributed by atoms with E-state index in [0.29, 0.717) is 5.56 Å². The third-order valence-electron chi connectivity index (χ3n) is 2.74. The highest BCUT2D eigenvalue weighted by atomic mass is 32.2. The molecule has 1 aromatic heterocycles. The maximum Gasteiger partial charge on any atom is 0.267 e. The molecule has 0 saturated carbocycles. The van der Waals surface area contributed by atoms with E-state index < -0.39 is 10.0 Å². The first-order chi connectivity index (χ1) is 9.35. The molecule has 0 unspecified atom stereocenters. The van der Waals surface area contributed by atoms with Crippen molar-refractivity contribution in [1.82, 2.24) is 9.78 Å². The van der Waals surface area contributed by atoms with Crippen LogP contribution >= 0.6 is 0 Å². The van der Waals surface area contributed by atoms with Gasteiger partial charge in [-0.25, -0.2) is 8.42 Å². The number of nitrogens with one attached hydrogen (secondary N) is 1. The summed E-state index contributed by atoms with van der Waals surface area (Å²) in [5, 5.41) is 12.9. The molecule has 3 N–H and O–H groups in total. The van der Waals surface area contributed by atoms with Gasteiger partial charge in [0.25, 0.3) is 10.0 Å². The zero-order valence-corrected chi connectivity index (χ0v) is 11.8. The summed E-state index contributed by atoms with van der Waals surface area (Å²) in [6.45, 7) is 1.73. The fraction of sp³-hybridized carbons (Fsp3) is 0.167. The molecule has 0 fully saturated rings. The van der Waals surface area contributed by atoms with Crippen LogP contribution in [0.4, 0.5) is 11.5 Å². The number of aromatic nitrogens is 2. The van der Waals surface area contributed by atoms with E-state index in [2.05, 4.69) is 9.82 Å². The lowest BCUT2D eigenvalue weighted by atomic mass is 10.1. The van der Waals surface area contributed by atoms with E-state index in [1.165, 1.54) is 16.9 Å².